The van der Waals surface area contributed by atoms with Crippen molar-refractivity contribution in [2.45, 2.75) is 57.9 Å². The topological polar surface area (TPSA) is 63.1 Å². The van der Waals surface area contributed by atoms with E-state index in [0.717, 1.165) is 35.5 Å². The van der Waals surface area contributed by atoms with Gasteiger partial charge < -0.3 is 14.8 Å². The Bertz CT molecular complexity index is 812. The molecule has 1 saturated carbocycles. The van der Waals surface area contributed by atoms with Crippen molar-refractivity contribution in [2.75, 3.05) is 18.4 Å². The summed E-state index contributed by atoms with van der Waals surface area (Å²) in [6.07, 6.45) is 9.00. The van der Waals surface area contributed by atoms with Crippen molar-refractivity contribution in [3.63, 3.8) is 0 Å². The van der Waals surface area contributed by atoms with Crippen LogP contribution in [0.4, 0.5) is 10.5 Å². The van der Waals surface area contributed by atoms with Gasteiger partial charge >= 0.3 is 6.03 Å². The van der Waals surface area contributed by atoms with E-state index < -0.39 is 0 Å². The van der Waals surface area contributed by atoms with Gasteiger partial charge in [-0.1, -0.05) is 42.1 Å². The standard InChI is InChI=1S/C21H28BrN5O/c1-2-12-26-15-23-25-19(26)18-13-27(14-21(18)10-4-3-5-11-21)20(28)24-17-8-6-16(22)7-9-17/h6-9,15,18H,2-5,10-14H2,1H3,(H,24,28). The van der Waals surface area contributed by atoms with Gasteiger partial charge in [-0.3, -0.25) is 0 Å². The summed E-state index contributed by atoms with van der Waals surface area (Å²) >= 11 is 3.44. The van der Waals surface area contributed by atoms with Crippen LogP contribution in [0.1, 0.15) is 57.2 Å². The lowest BCUT2D eigenvalue weighted by molar-refractivity contribution is 0.167. The van der Waals surface area contributed by atoms with Crippen LogP contribution in [0.5, 0.6) is 0 Å². The monoisotopic (exact) mass is 445 g/mol. The van der Waals surface area contributed by atoms with Crippen LogP contribution in [0.15, 0.2) is 35.1 Å². The number of hydrogen-bond donors (Lipinski definition) is 1. The Kier molecular flexibility index (Phi) is 5.71. The zero-order valence-electron chi connectivity index (χ0n) is 16.4. The number of anilines is 1. The van der Waals surface area contributed by atoms with Crippen molar-refractivity contribution < 1.29 is 4.79 Å². The molecule has 6 nitrogen and oxygen atoms in total. The lowest BCUT2D eigenvalue weighted by atomic mass is 9.67. The third-order valence-electron chi connectivity index (χ3n) is 6.30. The zero-order valence-corrected chi connectivity index (χ0v) is 18.0. The van der Waals surface area contributed by atoms with Crippen LogP contribution < -0.4 is 5.32 Å². The molecule has 0 radical (unpaired) electrons. The summed E-state index contributed by atoms with van der Waals surface area (Å²) < 4.78 is 3.19. The minimum Gasteiger partial charge on any atom is -0.323 e. The second-order valence-corrected chi connectivity index (χ2v) is 9.09. The van der Waals surface area contributed by atoms with Crippen molar-refractivity contribution in [3.8, 4) is 0 Å². The first-order valence-electron chi connectivity index (χ1n) is 10.3. The normalized spacial score (nSPS) is 21.2. The van der Waals surface area contributed by atoms with Crippen molar-refractivity contribution in [3.05, 3.63) is 40.9 Å². The number of nitrogens with one attached hydrogen (secondary N) is 1. The summed E-state index contributed by atoms with van der Waals surface area (Å²) in [5.74, 6) is 1.32. The summed E-state index contributed by atoms with van der Waals surface area (Å²) in [5.41, 5.74) is 0.955. The van der Waals surface area contributed by atoms with E-state index in [0.29, 0.717) is 6.54 Å². The molecule has 150 valence electrons. The highest BCUT2D eigenvalue weighted by molar-refractivity contribution is 9.10. The molecule has 1 saturated heterocycles. The Morgan fingerprint density at radius 1 is 1.25 bits per heavy atom. The minimum absolute atomic E-state index is 0.0173. The molecule has 4 rings (SSSR count). The number of amides is 2. The molecule has 2 fully saturated rings. The highest BCUT2D eigenvalue weighted by Gasteiger charge is 2.50. The molecule has 1 aromatic heterocycles. The maximum atomic E-state index is 13.0. The average Bonchev–Trinajstić information content (AvgIpc) is 3.29. The van der Waals surface area contributed by atoms with E-state index >= 15 is 0 Å². The van der Waals surface area contributed by atoms with Crippen LogP contribution in [-0.2, 0) is 6.54 Å². The van der Waals surface area contributed by atoms with Gasteiger partial charge in [-0.25, -0.2) is 4.79 Å². The zero-order chi connectivity index (χ0) is 19.6. The van der Waals surface area contributed by atoms with Crippen LogP contribution >= 0.6 is 15.9 Å². The van der Waals surface area contributed by atoms with Crippen LogP contribution in [0, 0.1) is 5.41 Å². The van der Waals surface area contributed by atoms with Gasteiger partial charge in [0.1, 0.15) is 12.2 Å². The molecule has 2 aliphatic rings. The Morgan fingerprint density at radius 3 is 2.71 bits per heavy atom. The number of nitrogens with zero attached hydrogens (tertiary/aromatic N) is 4. The van der Waals surface area contributed by atoms with E-state index in [4.69, 9.17) is 0 Å². The van der Waals surface area contributed by atoms with Gasteiger partial charge in [0.2, 0.25) is 0 Å². The predicted octanol–water partition coefficient (Wildman–Crippen LogP) is 5.03. The molecule has 7 heteroatoms. The smallest absolute Gasteiger partial charge is 0.321 e. The fraction of sp³-hybridized carbons (Fsp3) is 0.571. The maximum absolute atomic E-state index is 13.0. The van der Waals surface area contributed by atoms with Gasteiger partial charge in [-0.05, 0) is 48.9 Å². The maximum Gasteiger partial charge on any atom is 0.321 e. The van der Waals surface area contributed by atoms with Crippen molar-refractivity contribution in [2.24, 2.45) is 5.41 Å². The lowest BCUT2D eigenvalue weighted by Crippen LogP contribution is -2.36. The molecule has 1 aliphatic heterocycles. The summed E-state index contributed by atoms with van der Waals surface area (Å²) in [5, 5.41) is 11.8. The first kappa shape index (κ1) is 19.4. The van der Waals surface area contributed by atoms with E-state index in [1.54, 1.807) is 0 Å². The predicted molar refractivity (Wildman–Crippen MR) is 113 cm³/mol. The third-order valence-corrected chi connectivity index (χ3v) is 6.83. The van der Waals surface area contributed by atoms with Crippen LogP contribution in [0.3, 0.4) is 0 Å². The summed E-state index contributed by atoms with van der Waals surface area (Å²) in [6.45, 7) is 4.62. The Labute approximate surface area is 174 Å². The van der Waals surface area contributed by atoms with Gasteiger partial charge in [0, 0.05) is 35.7 Å². The molecule has 1 spiro atoms. The Balaban J connectivity index is 1.56. The van der Waals surface area contributed by atoms with Crippen LogP contribution in [-0.4, -0.2) is 38.8 Å². The van der Waals surface area contributed by atoms with E-state index in [2.05, 4.69) is 42.9 Å². The molecule has 1 aliphatic carbocycles. The number of rotatable bonds is 4. The molecular formula is C21H28BrN5O. The van der Waals surface area contributed by atoms with Crippen molar-refractivity contribution in [1.29, 1.82) is 0 Å². The number of carbonyl (C=O) groups excluding carboxylic acids is 1. The number of carbonyl (C=O) groups is 1. The first-order chi connectivity index (χ1) is 13.6. The fourth-order valence-corrected chi connectivity index (χ4v) is 5.19. The molecular weight excluding hydrogens is 418 g/mol. The van der Waals surface area contributed by atoms with Crippen LogP contribution in [0.25, 0.3) is 0 Å². The number of urea groups is 1. The Morgan fingerprint density at radius 2 is 2.00 bits per heavy atom. The second kappa shape index (κ2) is 8.23. The van der Waals surface area contributed by atoms with Crippen LogP contribution in [0.2, 0.25) is 0 Å². The number of aryl methyl sites for hydroxylation is 1. The quantitative estimate of drug-likeness (QED) is 0.717. The van der Waals surface area contributed by atoms with E-state index in [9.17, 15) is 4.79 Å². The summed E-state index contributed by atoms with van der Waals surface area (Å²) in [4.78, 5) is 15.0. The van der Waals surface area contributed by atoms with Crippen molar-refractivity contribution >= 4 is 27.6 Å². The van der Waals surface area contributed by atoms with E-state index in [1.807, 2.05) is 35.5 Å². The number of likely N-dealkylation sites (tertiary alicyclic amines) is 1. The van der Waals surface area contributed by atoms with Crippen molar-refractivity contribution in [1.82, 2.24) is 19.7 Å². The largest absolute Gasteiger partial charge is 0.323 e. The highest BCUT2D eigenvalue weighted by atomic mass is 79.9. The summed E-state index contributed by atoms with van der Waals surface area (Å²) in [7, 11) is 0. The molecule has 1 atom stereocenters. The van der Waals surface area contributed by atoms with E-state index in [-0.39, 0.29) is 17.4 Å². The van der Waals surface area contributed by atoms with Gasteiger partial charge in [-0.2, -0.15) is 0 Å². The Hall–Kier alpha value is -1.89. The van der Waals surface area contributed by atoms with Gasteiger partial charge in [0.15, 0.2) is 0 Å². The third kappa shape index (κ3) is 3.81. The number of halogens is 1. The fourth-order valence-electron chi connectivity index (χ4n) is 4.92. The van der Waals surface area contributed by atoms with Gasteiger partial charge in [0.25, 0.3) is 0 Å². The molecule has 2 heterocycles. The number of hydrogen-bond acceptors (Lipinski definition) is 3. The highest BCUT2D eigenvalue weighted by Crippen LogP contribution is 2.51. The molecule has 1 N–H and O–H groups in total. The minimum atomic E-state index is -0.0173. The molecule has 0 bridgehead atoms. The average molecular weight is 446 g/mol. The molecule has 28 heavy (non-hydrogen) atoms. The SMILES string of the molecule is CCCn1cnnc1C1CN(C(=O)Nc2ccc(Br)cc2)CC12CCCCC2. The molecule has 1 aromatic carbocycles. The van der Waals surface area contributed by atoms with Gasteiger partial charge in [-0.15, -0.1) is 10.2 Å². The molecule has 2 aromatic rings. The lowest BCUT2D eigenvalue weighted by Gasteiger charge is -2.37. The number of benzene rings is 1. The number of aromatic nitrogens is 3. The molecule has 2 amide bonds. The summed E-state index contributed by atoms with van der Waals surface area (Å²) in [6, 6.07) is 7.71. The first-order valence-corrected chi connectivity index (χ1v) is 11.1. The second-order valence-electron chi connectivity index (χ2n) is 8.18. The molecule has 1 unspecified atom stereocenters. The van der Waals surface area contributed by atoms with Gasteiger partial charge in [0.05, 0.1) is 0 Å². The van der Waals surface area contributed by atoms with E-state index in [1.165, 1.54) is 32.1 Å².